The number of rotatable bonds is 0. The molecule has 0 aromatic heterocycles. The summed E-state index contributed by atoms with van der Waals surface area (Å²) in [6, 6.07) is 0.751. The van der Waals surface area contributed by atoms with Crippen LogP contribution in [0.1, 0.15) is 39.0 Å². The van der Waals surface area contributed by atoms with Crippen LogP contribution < -0.4 is 0 Å². The topological polar surface area (TPSA) is 15.6 Å². The Morgan fingerprint density at radius 3 is 2.87 bits per heavy atom. The quantitative estimate of drug-likeness (QED) is 0.551. The molecule has 84 valence electrons. The number of fused-ring (bicyclic) bond motifs is 1. The predicted molar refractivity (Wildman–Crippen MR) is 68.4 cm³/mol. The second-order valence-corrected chi connectivity index (χ2v) is 5.86. The molecule has 0 aromatic rings. The van der Waals surface area contributed by atoms with Gasteiger partial charge in [0.15, 0.2) is 0 Å². The number of hydrogen-bond acceptors (Lipinski definition) is 1. The van der Waals surface area contributed by atoms with Gasteiger partial charge < -0.3 is 4.90 Å². The van der Waals surface area contributed by atoms with E-state index in [0.29, 0.717) is 5.31 Å². The molecule has 2 rings (SSSR count). The van der Waals surface area contributed by atoms with Gasteiger partial charge in [0.25, 0.3) is 0 Å². The second-order valence-electron chi connectivity index (χ2n) is 5.86. The molecule has 0 bridgehead atoms. The summed E-state index contributed by atoms with van der Waals surface area (Å²) in [5.74, 6) is 2.14. The summed E-state index contributed by atoms with van der Waals surface area (Å²) in [6.45, 7) is 2.45. The number of amidine groups is 1. The van der Waals surface area contributed by atoms with Crippen molar-refractivity contribution >= 4 is 13.7 Å². The van der Waals surface area contributed by atoms with Crippen molar-refractivity contribution in [2.24, 2.45) is 10.9 Å². The normalized spacial score (nSPS) is 44.2. The Morgan fingerprint density at radius 2 is 2.20 bits per heavy atom. The molecule has 2 nitrogen and oxygen atoms in total. The lowest BCUT2D eigenvalue weighted by Gasteiger charge is -2.34. The minimum Gasteiger partial charge on any atom is -0.360 e. The van der Waals surface area contributed by atoms with Crippen molar-refractivity contribution in [3.05, 3.63) is 0 Å². The van der Waals surface area contributed by atoms with Crippen LogP contribution >= 0.6 is 0 Å². The minimum absolute atomic E-state index is 0.502. The number of nitrogens with zero attached hydrogens (tertiary/aromatic N) is 2. The third-order valence-electron chi connectivity index (χ3n) is 4.60. The van der Waals surface area contributed by atoms with Gasteiger partial charge in [0.2, 0.25) is 0 Å². The number of likely N-dealkylation sites (tertiary alicyclic amines) is 1. The summed E-state index contributed by atoms with van der Waals surface area (Å²) < 4.78 is 0. The average molecular weight is 206 g/mol. The molecular formula is C12H23BN2. The molecule has 3 unspecified atom stereocenters. The van der Waals surface area contributed by atoms with Crippen LogP contribution in [0.3, 0.4) is 0 Å². The van der Waals surface area contributed by atoms with Gasteiger partial charge in [0, 0.05) is 26.6 Å². The van der Waals surface area contributed by atoms with E-state index in [4.69, 9.17) is 0 Å². The molecule has 0 spiro atoms. The lowest BCUT2D eigenvalue weighted by atomic mass is 9.58. The van der Waals surface area contributed by atoms with Gasteiger partial charge in [-0.15, -0.1) is 0 Å². The SMILES string of the molecule is BC1(C)CCCCC2C1C/C(=N/C)N2C. The van der Waals surface area contributed by atoms with Gasteiger partial charge in [-0.1, -0.05) is 31.5 Å². The summed E-state index contributed by atoms with van der Waals surface area (Å²) in [5.41, 5.74) is 0. The highest BCUT2D eigenvalue weighted by atomic mass is 15.2. The van der Waals surface area contributed by atoms with E-state index >= 15 is 0 Å². The molecule has 0 radical (unpaired) electrons. The van der Waals surface area contributed by atoms with E-state index in [1.165, 1.54) is 37.9 Å². The lowest BCUT2D eigenvalue weighted by molar-refractivity contribution is 0.261. The van der Waals surface area contributed by atoms with E-state index in [1.54, 1.807) is 0 Å². The van der Waals surface area contributed by atoms with Crippen molar-refractivity contribution < 1.29 is 0 Å². The number of hydrogen-bond donors (Lipinski definition) is 0. The molecule has 1 saturated heterocycles. The molecule has 15 heavy (non-hydrogen) atoms. The molecule has 3 atom stereocenters. The van der Waals surface area contributed by atoms with Gasteiger partial charge >= 0.3 is 0 Å². The van der Waals surface area contributed by atoms with E-state index in [2.05, 4.69) is 31.7 Å². The second kappa shape index (κ2) is 3.84. The van der Waals surface area contributed by atoms with E-state index < -0.39 is 0 Å². The first kappa shape index (κ1) is 11.0. The smallest absolute Gasteiger partial charge is 0.109 e. The first-order chi connectivity index (χ1) is 7.06. The number of aliphatic imine (C=N–C) groups is 1. The highest BCUT2D eigenvalue weighted by Crippen LogP contribution is 2.49. The highest BCUT2D eigenvalue weighted by Gasteiger charge is 2.44. The maximum Gasteiger partial charge on any atom is 0.109 e. The van der Waals surface area contributed by atoms with Gasteiger partial charge in [-0.3, -0.25) is 4.99 Å². The summed E-state index contributed by atoms with van der Waals surface area (Å²) in [5, 5.41) is 0.502. The van der Waals surface area contributed by atoms with E-state index in [1.807, 2.05) is 7.05 Å². The van der Waals surface area contributed by atoms with Crippen LogP contribution in [0.25, 0.3) is 0 Å². The fourth-order valence-corrected chi connectivity index (χ4v) is 3.50. The molecule has 1 aliphatic heterocycles. The van der Waals surface area contributed by atoms with E-state index in [9.17, 15) is 0 Å². The van der Waals surface area contributed by atoms with Crippen LogP contribution in [0.15, 0.2) is 4.99 Å². The van der Waals surface area contributed by atoms with Crippen LogP contribution in [-0.4, -0.2) is 38.7 Å². The van der Waals surface area contributed by atoms with Crippen molar-refractivity contribution in [2.45, 2.75) is 50.4 Å². The van der Waals surface area contributed by atoms with Gasteiger partial charge in [0.1, 0.15) is 7.85 Å². The van der Waals surface area contributed by atoms with Crippen LogP contribution in [0, 0.1) is 5.92 Å². The van der Waals surface area contributed by atoms with Crippen molar-refractivity contribution in [3.8, 4) is 0 Å². The van der Waals surface area contributed by atoms with Crippen molar-refractivity contribution in [2.75, 3.05) is 14.1 Å². The van der Waals surface area contributed by atoms with E-state index in [-0.39, 0.29) is 0 Å². The first-order valence-corrected chi connectivity index (χ1v) is 6.25. The molecule has 1 aliphatic carbocycles. The van der Waals surface area contributed by atoms with Gasteiger partial charge in [-0.05, 0) is 12.3 Å². The van der Waals surface area contributed by atoms with Crippen molar-refractivity contribution in [3.63, 3.8) is 0 Å². The summed E-state index contributed by atoms with van der Waals surface area (Å²) in [6.07, 6.45) is 6.76. The van der Waals surface area contributed by atoms with Crippen LogP contribution in [0.5, 0.6) is 0 Å². The van der Waals surface area contributed by atoms with Gasteiger partial charge in [0.05, 0.1) is 5.84 Å². The molecule has 1 heterocycles. The fraction of sp³-hybridized carbons (Fsp3) is 0.917. The molecule has 0 N–H and O–H groups in total. The third kappa shape index (κ3) is 1.81. The fourth-order valence-electron chi connectivity index (χ4n) is 3.50. The average Bonchev–Trinajstić information content (AvgIpc) is 2.43. The maximum absolute atomic E-state index is 4.43. The molecule has 0 amide bonds. The van der Waals surface area contributed by atoms with Crippen molar-refractivity contribution in [1.82, 2.24) is 4.90 Å². The van der Waals surface area contributed by atoms with Crippen molar-refractivity contribution in [1.29, 1.82) is 0 Å². The molecule has 2 aliphatic rings. The molecule has 0 aromatic carbocycles. The predicted octanol–water partition coefficient (Wildman–Crippen LogP) is 1.72. The van der Waals surface area contributed by atoms with E-state index in [0.717, 1.165) is 12.0 Å². The Hall–Kier alpha value is -0.465. The van der Waals surface area contributed by atoms with Crippen LogP contribution in [0.2, 0.25) is 5.31 Å². The van der Waals surface area contributed by atoms with Crippen LogP contribution in [-0.2, 0) is 0 Å². The zero-order valence-electron chi connectivity index (χ0n) is 10.6. The summed E-state index contributed by atoms with van der Waals surface area (Å²) in [7, 11) is 6.61. The Morgan fingerprint density at radius 1 is 1.47 bits per heavy atom. The Balaban J connectivity index is 2.26. The molecule has 1 saturated carbocycles. The molecular weight excluding hydrogens is 183 g/mol. The monoisotopic (exact) mass is 206 g/mol. The Bertz CT molecular complexity index is 273. The van der Waals surface area contributed by atoms with Gasteiger partial charge in [-0.25, -0.2) is 0 Å². The minimum atomic E-state index is 0.502. The molecule has 2 fully saturated rings. The maximum atomic E-state index is 4.43. The molecule has 3 heteroatoms. The first-order valence-electron chi connectivity index (χ1n) is 6.25. The van der Waals surface area contributed by atoms with Crippen LogP contribution in [0.4, 0.5) is 0 Å². The third-order valence-corrected chi connectivity index (χ3v) is 4.60. The Kier molecular flexibility index (Phi) is 2.82. The van der Waals surface area contributed by atoms with Gasteiger partial charge in [-0.2, -0.15) is 0 Å². The zero-order valence-corrected chi connectivity index (χ0v) is 10.6. The Labute approximate surface area is 94.5 Å². The standard InChI is InChI=1S/C12H23BN2/c1-12(13)7-5-4-6-10-9(12)8-11(14-2)15(10)3/h9-10H,4-8,13H2,1-3H3/b14-11-. The largest absolute Gasteiger partial charge is 0.360 e. The lowest BCUT2D eigenvalue weighted by Crippen LogP contribution is -2.34. The highest BCUT2D eigenvalue weighted by molar-refractivity contribution is 6.15. The summed E-state index contributed by atoms with van der Waals surface area (Å²) >= 11 is 0. The summed E-state index contributed by atoms with van der Waals surface area (Å²) in [4.78, 5) is 6.87. The zero-order chi connectivity index (χ0) is 11.1.